The van der Waals surface area contributed by atoms with Gasteiger partial charge in [-0.05, 0) is 18.9 Å². The van der Waals surface area contributed by atoms with E-state index in [0.29, 0.717) is 25.6 Å². The lowest BCUT2D eigenvalue weighted by atomic mass is 9.87. The number of benzene rings is 1. The molecule has 1 aromatic carbocycles. The van der Waals surface area contributed by atoms with Crippen LogP contribution in [0.25, 0.3) is 0 Å². The molecule has 2 heterocycles. The van der Waals surface area contributed by atoms with Crippen molar-refractivity contribution in [3.05, 3.63) is 35.9 Å². The standard InChI is InChI=1S/C19H28N2O2/c1-3-16(2)20-9-10-23-15-19(13-20)11-18(22)21(14-19)12-17-7-5-4-6-8-17/h4-8,16H,3,9-15H2,1-2H3. The highest BCUT2D eigenvalue weighted by atomic mass is 16.5. The maximum atomic E-state index is 12.6. The highest BCUT2D eigenvalue weighted by molar-refractivity contribution is 5.79. The van der Waals surface area contributed by atoms with Gasteiger partial charge in [0.05, 0.1) is 13.2 Å². The molecule has 0 saturated carbocycles. The van der Waals surface area contributed by atoms with Crippen LogP contribution in [0.3, 0.4) is 0 Å². The van der Waals surface area contributed by atoms with E-state index in [0.717, 1.165) is 32.7 Å². The largest absolute Gasteiger partial charge is 0.379 e. The van der Waals surface area contributed by atoms with Crippen molar-refractivity contribution in [2.75, 3.05) is 32.8 Å². The summed E-state index contributed by atoms with van der Waals surface area (Å²) >= 11 is 0. The van der Waals surface area contributed by atoms with Crippen LogP contribution in [0.15, 0.2) is 30.3 Å². The van der Waals surface area contributed by atoms with E-state index in [1.807, 2.05) is 23.1 Å². The first-order valence-corrected chi connectivity index (χ1v) is 8.75. The van der Waals surface area contributed by atoms with Crippen molar-refractivity contribution in [3.8, 4) is 0 Å². The Morgan fingerprint density at radius 1 is 1.26 bits per heavy atom. The van der Waals surface area contributed by atoms with Gasteiger partial charge in [-0.1, -0.05) is 37.3 Å². The summed E-state index contributed by atoms with van der Waals surface area (Å²) in [5.74, 6) is 0.267. The molecule has 2 atom stereocenters. The number of ether oxygens (including phenoxy) is 1. The summed E-state index contributed by atoms with van der Waals surface area (Å²) in [6.45, 7) is 9.46. The van der Waals surface area contributed by atoms with Crippen molar-refractivity contribution < 1.29 is 9.53 Å². The van der Waals surface area contributed by atoms with E-state index in [1.165, 1.54) is 5.56 Å². The summed E-state index contributed by atoms with van der Waals surface area (Å²) in [6.07, 6.45) is 1.75. The molecule has 0 bridgehead atoms. The van der Waals surface area contributed by atoms with Gasteiger partial charge in [0.15, 0.2) is 0 Å². The van der Waals surface area contributed by atoms with Crippen molar-refractivity contribution in [2.45, 2.75) is 39.3 Å². The minimum atomic E-state index is -0.0359. The lowest BCUT2D eigenvalue weighted by Gasteiger charge is -2.34. The Morgan fingerprint density at radius 2 is 2.04 bits per heavy atom. The molecule has 23 heavy (non-hydrogen) atoms. The topological polar surface area (TPSA) is 32.8 Å². The van der Waals surface area contributed by atoms with Crippen LogP contribution in [-0.2, 0) is 16.1 Å². The number of carbonyl (C=O) groups excluding carboxylic acids is 1. The summed E-state index contributed by atoms with van der Waals surface area (Å²) in [4.78, 5) is 17.1. The predicted molar refractivity (Wildman–Crippen MR) is 91.1 cm³/mol. The first-order chi connectivity index (χ1) is 11.1. The van der Waals surface area contributed by atoms with Gasteiger partial charge < -0.3 is 9.64 Å². The minimum Gasteiger partial charge on any atom is -0.379 e. The van der Waals surface area contributed by atoms with Gasteiger partial charge in [-0.2, -0.15) is 0 Å². The van der Waals surface area contributed by atoms with Gasteiger partial charge in [0.1, 0.15) is 0 Å². The molecule has 2 fully saturated rings. The Balaban J connectivity index is 1.71. The smallest absolute Gasteiger partial charge is 0.223 e. The lowest BCUT2D eigenvalue weighted by Crippen LogP contribution is -2.44. The van der Waals surface area contributed by atoms with Crippen LogP contribution in [0, 0.1) is 5.41 Å². The second kappa shape index (κ2) is 7.02. The Kier molecular flexibility index (Phi) is 5.02. The van der Waals surface area contributed by atoms with Crippen molar-refractivity contribution in [2.24, 2.45) is 5.41 Å². The van der Waals surface area contributed by atoms with Gasteiger partial charge in [0, 0.05) is 44.1 Å². The fourth-order valence-electron chi connectivity index (χ4n) is 3.79. The van der Waals surface area contributed by atoms with E-state index in [9.17, 15) is 4.79 Å². The molecule has 2 aliphatic rings. The first kappa shape index (κ1) is 16.5. The average molecular weight is 316 g/mol. The van der Waals surface area contributed by atoms with Crippen LogP contribution in [0.4, 0.5) is 0 Å². The van der Waals surface area contributed by atoms with Gasteiger partial charge in [0.2, 0.25) is 5.91 Å². The van der Waals surface area contributed by atoms with E-state index in [2.05, 4.69) is 30.9 Å². The van der Waals surface area contributed by atoms with Crippen LogP contribution in [-0.4, -0.2) is 54.6 Å². The fourth-order valence-corrected chi connectivity index (χ4v) is 3.79. The Hall–Kier alpha value is -1.39. The van der Waals surface area contributed by atoms with Gasteiger partial charge in [-0.3, -0.25) is 9.69 Å². The molecule has 2 unspecified atom stereocenters. The molecular weight excluding hydrogens is 288 g/mol. The number of likely N-dealkylation sites (tertiary alicyclic amines) is 1. The van der Waals surface area contributed by atoms with Crippen molar-refractivity contribution in [3.63, 3.8) is 0 Å². The number of rotatable bonds is 4. The van der Waals surface area contributed by atoms with Gasteiger partial charge in [-0.25, -0.2) is 0 Å². The molecule has 0 aromatic heterocycles. The molecule has 4 nitrogen and oxygen atoms in total. The van der Waals surface area contributed by atoms with E-state index in [1.54, 1.807) is 0 Å². The molecule has 1 aromatic rings. The maximum absolute atomic E-state index is 12.6. The Labute approximate surface area is 139 Å². The number of amides is 1. The Morgan fingerprint density at radius 3 is 2.78 bits per heavy atom. The minimum absolute atomic E-state index is 0.0359. The number of hydrogen-bond acceptors (Lipinski definition) is 3. The highest BCUT2D eigenvalue weighted by Gasteiger charge is 2.45. The first-order valence-electron chi connectivity index (χ1n) is 8.75. The molecule has 0 N–H and O–H groups in total. The second-order valence-electron chi connectivity index (χ2n) is 7.19. The average Bonchev–Trinajstić information content (AvgIpc) is 2.73. The maximum Gasteiger partial charge on any atom is 0.223 e. The molecule has 126 valence electrons. The van der Waals surface area contributed by atoms with Crippen molar-refractivity contribution in [1.29, 1.82) is 0 Å². The third-order valence-corrected chi connectivity index (χ3v) is 5.31. The van der Waals surface area contributed by atoms with E-state index in [-0.39, 0.29) is 11.3 Å². The monoisotopic (exact) mass is 316 g/mol. The number of hydrogen-bond donors (Lipinski definition) is 0. The summed E-state index contributed by atoms with van der Waals surface area (Å²) in [7, 11) is 0. The van der Waals surface area contributed by atoms with Crippen molar-refractivity contribution >= 4 is 5.91 Å². The molecule has 4 heteroatoms. The summed E-state index contributed by atoms with van der Waals surface area (Å²) in [6, 6.07) is 10.8. The second-order valence-corrected chi connectivity index (χ2v) is 7.19. The molecule has 1 amide bonds. The zero-order chi connectivity index (χ0) is 16.3. The molecular formula is C19H28N2O2. The van der Waals surface area contributed by atoms with Crippen LogP contribution in [0.1, 0.15) is 32.3 Å². The van der Waals surface area contributed by atoms with E-state index >= 15 is 0 Å². The quantitative estimate of drug-likeness (QED) is 0.856. The van der Waals surface area contributed by atoms with Gasteiger partial charge in [0.25, 0.3) is 0 Å². The molecule has 3 rings (SSSR count). The van der Waals surface area contributed by atoms with Crippen LogP contribution < -0.4 is 0 Å². The van der Waals surface area contributed by atoms with E-state index < -0.39 is 0 Å². The zero-order valence-corrected chi connectivity index (χ0v) is 14.3. The molecule has 1 spiro atoms. The number of nitrogens with zero attached hydrogens (tertiary/aromatic N) is 2. The van der Waals surface area contributed by atoms with Crippen molar-refractivity contribution in [1.82, 2.24) is 9.80 Å². The molecule has 2 saturated heterocycles. The fraction of sp³-hybridized carbons (Fsp3) is 0.632. The number of carbonyl (C=O) groups is 1. The summed E-state index contributed by atoms with van der Waals surface area (Å²) < 4.78 is 5.88. The van der Waals surface area contributed by atoms with Crippen LogP contribution >= 0.6 is 0 Å². The van der Waals surface area contributed by atoms with Gasteiger partial charge in [-0.15, -0.1) is 0 Å². The third-order valence-electron chi connectivity index (χ3n) is 5.31. The highest BCUT2D eigenvalue weighted by Crippen LogP contribution is 2.35. The molecule has 2 aliphatic heterocycles. The lowest BCUT2D eigenvalue weighted by molar-refractivity contribution is -0.128. The normalized spacial score (nSPS) is 27.4. The predicted octanol–water partition coefficient (Wildman–Crippen LogP) is 2.54. The Bertz CT molecular complexity index is 533. The summed E-state index contributed by atoms with van der Waals surface area (Å²) in [5, 5.41) is 0. The molecule has 0 aliphatic carbocycles. The van der Waals surface area contributed by atoms with Crippen LogP contribution in [0.2, 0.25) is 0 Å². The molecule has 0 radical (unpaired) electrons. The summed E-state index contributed by atoms with van der Waals surface area (Å²) in [5.41, 5.74) is 1.16. The third kappa shape index (κ3) is 3.75. The van der Waals surface area contributed by atoms with Gasteiger partial charge >= 0.3 is 0 Å². The SMILES string of the molecule is CCC(C)N1CCOCC2(CC(=O)N(Cc3ccccc3)C2)C1. The van der Waals surface area contributed by atoms with Crippen LogP contribution in [0.5, 0.6) is 0 Å². The van der Waals surface area contributed by atoms with E-state index in [4.69, 9.17) is 4.74 Å². The zero-order valence-electron chi connectivity index (χ0n) is 14.3.